The lowest BCUT2D eigenvalue weighted by Crippen LogP contribution is -2.50. The highest BCUT2D eigenvalue weighted by Crippen LogP contribution is 2.38. The molecule has 3 rings (SSSR count). The molecule has 0 aliphatic carbocycles. The van der Waals surface area contributed by atoms with Crippen LogP contribution in [0.15, 0.2) is 30.6 Å². The molecule has 0 amide bonds. The number of nitrogens with zero attached hydrogens (tertiary/aromatic N) is 1. The van der Waals surface area contributed by atoms with Gasteiger partial charge in [0.1, 0.15) is 5.75 Å². The summed E-state index contributed by atoms with van der Waals surface area (Å²) >= 11 is 0. The molecule has 3 N–H and O–H groups in total. The Kier molecular flexibility index (Phi) is 2.41. The fraction of sp³-hybridized carbons (Fsp3) is 0.357. The van der Waals surface area contributed by atoms with Crippen LogP contribution >= 0.6 is 0 Å². The number of para-hydroxylation sites is 1. The van der Waals surface area contributed by atoms with Crippen LogP contribution in [0.5, 0.6) is 5.75 Å². The van der Waals surface area contributed by atoms with Crippen molar-refractivity contribution in [3.05, 3.63) is 47.5 Å². The topological polar surface area (TPSA) is 60.9 Å². The molecule has 0 spiro atoms. The van der Waals surface area contributed by atoms with Gasteiger partial charge in [0.25, 0.3) is 0 Å². The smallest absolute Gasteiger partial charge is 0.121 e. The minimum atomic E-state index is -0.446. The van der Waals surface area contributed by atoms with Gasteiger partial charge in [-0.2, -0.15) is 0 Å². The molecule has 1 aromatic heterocycles. The molecule has 2 heterocycles. The van der Waals surface area contributed by atoms with Crippen molar-refractivity contribution in [2.24, 2.45) is 0 Å². The molecule has 1 aliphatic heterocycles. The van der Waals surface area contributed by atoms with Gasteiger partial charge in [-0.15, -0.1) is 0 Å². The lowest BCUT2D eigenvalue weighted by Gasteiger charge is -2.38. The summed E-state index contributed by atoms with van der Waals surface area (Å²) in [6.45, 7) is 4.21. The molecule has 0 unspecified atom stereocenters. The molecule has 0 saturated carbocycles. The monoisotopic (exact) mass is 243 g/mol. The molecule has 2 aromatic rings. The minimum Gasteiger partial charge on any atom is -0.508 e. The van der Waals surface area contributed by atoms with Gasteiger partial charge in [-0.25, -0.2) is 4.98 Å². The maximum Gasteiger partial charge on any atom is 0.121 e. The van der Waals surface area contributed by atoms with Crippen LogP contribution < -0.4 is 5.32 Å². The average molecular weight is 243 g/mol. The number of imidazole rings is 1. The standard InChI is InChI=1S/C14H17N3O/c1-9-7-11-13(16-8-15-11)14(2,17-9)10-5-3-4-6-12(10)18/h3-6,8-9,17-18H,7H2,1-2H3,(H,15,16)/t9-,14+/m0/s1. The number of H-pyrrole nitrogens is 1. The predicted octanol–water partition coefficient (Wildman–Crippen LogP) is 1.91. The van der Waals surface area contributed by atoms with Gasteiger partial charge in [-0.3, -0.25) is 5.32 Å². The molecule has 0 bridgehead atoms. The number of benzene rings is 1. The van der Waals surface area contributed by atoms with E-state index in [9.17, 15) is 5.11 Å². The third-order valence-electron chi connectivity index (χ3n) is 3.68. The highest BCUT2D eigenvalue weighted by atomic mass is 16.3. The van der Waals surface area contributed by atoms with E-state index in [0.717, 1.165) is 23.4 Å². The van der Waals surface area contributed by atoms with Gasteiger partial charge in [0, 0.05) is 23.7 Å². The third-order valence-corrected chi connectivity index (χ3v) is 3.68. The summed E-state index contributed by atoms with van der Waals surface area (Å²) in [6, 6.07) is 7.77. The first-order valence-electron chi connectivity index (χ1n) is 6.20. The number of aromatic hydroxyl groups is 1. The zero-order chi connectivity index (χ0) is 12.8. The summed E-state index contributed by atoms with van der Waals surface area (Å²) in [5.74, 6) is 0.301. The lowest BCUT2D eigenvalue weighted by atomic mass is 9.82. The molecule has 0 radical (unpaired) electrons. The molecule has 2 atom stereocenters. The maximum atomic E-state index is 10.1. The van der Waals surface area contributed by atoms with Gasteiger partial charge in [0.15, 0.2) is 0 Å². The quantitative estimate of drug-likeness (QED) is 0.717. The third kappa shape index (κ3) is 1.53. The predicted molar refractivity (Wildman–Crippen MR) is 69.5 cm³/mol. The summed E-state index contributed by atoms with van der Waals surface area (Å²) in [4.78, 5) is 7.63. The molecule has 4 nitrogen and oxygen atoms in total. The number of hydrogen-bond acceptors (Lipinski definition) is 3. The van der Waals surface area contributed by atoms with Crippen LogP contribution in [0.1, 0.15) is 30.8 Å². The van der Waals surface area contributed by atoms with E-state index in [1.807, 2.05) is 18.2 Å². The SMILES string of the molecule is C[C@H]1Cc2[nH]cnc2[C@@](C)(c2ccccc2O)N1. The van der Waals surface area contributed by atoms with Crippen molar-refractivity contribution in [3.63, 3.8) is 0 Å². The molecule has 0 fully saturated rings. The van der Waals surface area contributed by atoms with Crippen LogP contribution in [-0.2, 0) is 12.0 Å². The van der Waals surface area contributed by atoms with Crippen molar-refractivity contribution in [1.82, 2.24) is 15.3 Å². The van der Waals surface area contributed by atoms with E-state index < -0.39 is 5.54 Å². The van der Waals surface area contributed by atoms with E-state index in [2.05, 4.69) is 29.1 Å². The fourth-order valence-corrected chi connectivity index (χ4v) is 2.93. The van der Waals surface area contributed by atoms with Crippen LogP contribution in [0, 0.1) is 0 Å². The fourth-order valence-electron chi connectivity index (χ4n) is 2.93. The normalized spacial score (nSPS) is 26.9. The van der Waals surface area contributed by atoms with E-state index in [1.54, 1.807) is 12.4 Å². The van der Waals surface area contributed by atoms with E-state index in [4.69, 9.17) is 0 Å². The second-order valence-corrected chi connectivity index (χ2v) is 5.12. The van der Waals surface area contributed by atoms with Gasteiger partial charge in [0.2, 0.25) is 0 Å². The van der Waals surface area contributed by atoms with E-state index >= 15 is 0 Å². The molecular formula is C14H17N3O. The minimum absolute atomic E-state index is 0.301. The number of nitrogens with one attached hydrogen (secondary N) is 2. The molecule has 94 valence electrons. The van der Waals surface area contributed by atoms with Gasteiger partial charge in [0.05, 0.1) is 17.6 Å². The van der Waals surface area contributed by atoms with E-state index in [-0.39, 0.29) is 0 Å². The summed E-state index contributed by atoms with van der Waals surface area (Å²) in [7, 11) is 0. The Morgan fingerprint density at radius 3 is 2.94 bits per heavy atom. The number of phenols is 1. The van der Waals surface area contributed by atoms with E-state index in [1.165, 1.54) is 0 Å². The number of hydrogen-bond donors (Lipinski definition) is 3. The van der Waals surface area contributed by atoms with Gasteiger partial charge >= 0.3 is 0 Å². The number of fused-ring (bicyclic) bond motifs is 1. The largest absolute Gasteiger partial charge is 0.508 e. The van der Waals surface area contributed by atoms with Crippen LogP contribution in [0.2, 0.25) is 0 Å². The van der Waals surface area contributed by atoms with Crippen LogP contribution in [0.3, 0.4) is 0 Å². The maximum absolute atomic E-state index is 10.1. The molecule has 18 heavy (non-hydrogen) atoms. The van der Waals surface area contributed by atoms with Crippen LogP contribution in [0.25, 0.3) is 0 Å². The van der Waals surface area contributed by atoms with Crippen molar-refractivity contribution in [2.45, 2.75) is 31.8 Å². The Morgan fingerprint density at radius 1 is 1.39 bits per heavy atom. The molecular weight excluding hydrogens is 226 g/mol. The Labute approximate surface area is 106 Å². The molecule has 1 aromatic carbocycles. The molecule has 0 saturated heterocycles. The van der Waals surface area contributed by atoms with Crippen molar-refractivity contribution in [1.29, 1.82) is 0 Å². The second kappa shape index (κ2) is 3.85. The molecule has 1 aliphatic rings. The first-order chi connectivity index (χ1) is 8.61. The van der Waals surface area contributed by atoms with Gasteiger partial charge in [-0.1, -0.05) is 18.2 Å². The Hall–Kier alpha value is -1.81. The van der Waals surface area contributed by atoms with Crippen molar-refractivity contribution in [2.75, 3.05) is 0 Å². The number of aromatic nitrogens is 2. The highest BCUT2D eigenvalue weighted by molar-refractivity contribution is 5.45. The Morgan fingerprint density at radius 2 is 2.17 bits per heavy atom. The zero-order valence-corrected chi connectivity index (χ0v) is 10.6. The number of aromatic amines is 1. The van der Waals surface area contributed by atoms with E-state index in [0.29, 0.717) is 11.8 Å². The molecule has 4 heteroatoms. The van der Waals surface area contributed by atoms with Gasteiger partial charge in [-0.05, 0) is 19.9 Å². The zero-order valence-electron chi connectivity index (χ0n) is 10.6. The lowest BCUT2D eigenvalue weighted by molar-refractivity contribution is 0.330. The average Bonchev–Trinajstić information content (AvgIpc) is 2.78. The second-order valence-electron chi connectivity index (χ2n) is 5.12. The van der Waals surface area contributed by atoms with Crippen LogP contribution in [0.4, 0.5) is 0 Å². The van der Waals surface area contributed by atoms with Crippen molar-refractivity contribution < 1.29 is 5.11 Å². The van der Waals surface area contributed by atoms with Gasteiger partial charge < -0.3 is 10.1 Å². The number of phenolic OH excluding ortho intramolecular Hbond substituents is 1. The first kappa shape index (κ1) is 11.3. The van der Waals surface area contributed by atoms with Crippen LogP contribution in [-0.4, -0.2) is 21.1 Å². The Bertz CT molecular complexity index is 578. The summed E-state index contributed by atoms with van der Waals surface area (Å²) in [6.07, 6.45) is 2.65. The van der Waals surface area contributed by atoms with Crippen molar-refractivity contribution >= 4 is 0 Å². The summed E-state index contributed by atoms with van der Waals surface area (Å²) in [5, 5.41) is 13.6. The number of rotatable bonds is 1. The van der Waals surface area contributed by atoms with Crippen molar-refractivity contribution in [3.8, 4) is 5.75 Å². The summed E-state index contributed by atoms with van der Waals surface area (Å²) in [5.41, 5.74) is 2.54. The summed E-state index contributed by atoms with van der Waals surface area (Å²) < 4.78 is 0. The highest BCUT2D eigenvalue weighted by Gasteiger charge is 2.39. The first-order valence-corrected chi connectivity index (χ1v) is 6.20. The Balaban J connectivity index is 2.19.